The van der Waals surface area contributed by atoms with E-state index < -0.39 is 0 Å². The molecule has 0 spiro atoms. The summed E-state index contributed by atoms with van der Waals surface area (Å²) < 4.78 is 6.00. The number of rotatable bonds is 1. The van der Waals surface area contributed by atoms with Crippen molar-refractivity contribution in [2.24, 2.45) is 0 Å². The van der Waals surface area contributed by atoms with Gasteiger partial charge in [0.15, 0.2) is 11.5 Å². The Bertz CT molecular complexity index is 806. The van der Waals surface area contributed by atoms with Gasteiger partial charge in [0.1, 0.15) is 0 Å². The van der Waals surface area contributed by atoms with Crippen LogP contribution >= 0.6 is 0 Å². The Labute approximate surface area is 124 Å². The lowest BCUT2D eigenvalue weighted by Crippen LogP contribution is -2.03. The molecule has 0 bridgehead atoms. The molecular formula is C19H15NO. The molecule has 1 heterocycles. The number of anilines is 2. The molecular weight excluding hydrogens is 258 g/mol. The maximum Gasteiger partial charge on any atom is 0.151 e. The third kappa shape index (κ3) is 2.05. The topological polar surface area (TPSA) is 21.3 Å². The Morgan fingerprint density at radius 2 is 1.52 bits per heavy atom. The van der Waals surface area contributed by atoms with Crippen molar-refractivity contribution in [3.63, 3.8) is 0 Å². The van der Waals surface area contributed by atoms with Gasteiger partial charge in [0, 0.05) is 5.56 Å². The minimum absolute atomic E-state index is 0.867. The van der Waals surface area contributed by atoms with Crippen LogP contribution in [0.3, 0.4) is 0 Å². The fraction of sp³-hybridized carbons (Fsp3) is 0.0526. The van der Waals surface area contributed by atoms with E-state index in [1.165, 1.54) is 11.1 Å². The van der Waals surface area contributed by atoms with Gasteiger partial charge in [-0.15, -0.1) is 0 Å². The van der Waals surface area contributed by atoms with Crippen LogP contribution in [-0.2, 0) is 0 Å². The molecule has 0 saturated heterocycles. The van der Waals surface area contributed by atoms with Crippen LogP contribution in [0.15, 0.2) is 66.7 Å². The molecule has 0 saturated carbocycles. The molecule has 0 aromatic heterocycles. The van der Waals surface area contributed by atoms with Crippen LogP contribution in [0.1, 0.15) is 5.56 Å². The second-order valence-corrected chi connectivity index (χ2v) is 5.27. The number of hydrogen-bond donors (Lipinski definition) is 1. The largest absolute Gasteiger partial charge is 0.453 e. The smallest absolute Gasteiger partial charge is 0.151 e. The van der Waals surface area contributed by atoms with Gasteiger partial charge < -0.3 is 10.1 Å². The third-order valence-corrected chi connectivity index (χ3v) is 3.76. The molecule has 0 amide bonds. The molecule has 2 nitrogen and oxygen atoms in total. The monoisotopic (exact) mass is 273 g/mol. The summed E-state index contributed by atoms with van der Waals surface area (Å²) in [7, 11) is 0. The normalized spacial score (nSPS) is 11.9. The van der Waals surface area contributed by atoms with E-state index in [9.17, 15) is 0 Å². The zero-order chi connectivity index (χ0) is 14.2. The minimum Gasteiger partial charge on any atom is -0.453 e. The predicted molar refractivity (Wildman–Crippen MR) is 86.4 cm³/mol. The maximum absolute atomic E-state index is 6.00. The van der Waals surface area contributed by atoms with Crippen molar-refractivity contribution in [1.29, 1.82) is 0 Å². The van der Waals surface area contributed by atoms with Crippen molar-refractivity contribution in [2.75, 3.05) is 5.32 Å². The van der Waals surface area contributed by atoms with Crippen molar-refractivity contribution in [3.05, 3.63) is 72.3 Å². The number of fused-ring (bicyclic) bond motifs is 2. The molecule has 3 aromatic carbocycles. The van der Waals surface area contributed by atoms with Gasteiger partial charge in [-0.2, -0.15) is 0 Å². The quantitative estimate of drug-likeness (QED) is 0.493. The highest BCUT2D eigenvalue weighted by atomic mass is 16.5. The first-order chi connectivity index (χ1) is 10.3. The van der Waals surface area contributed by atoms with Crippen LogP contribution in [-0.4, -0.2) is 0 Å². The van der Waals surface area contributed by atoms with Gasteiger partial charge >= 0.3 is 0 Å². The van der Waals surface area contributed by atoms with E-state index in [2.05, 4.69) is 42.6 Å². The van der Waals surface area contributed by atoms with Gasteiger partial charge in [-0.3, -0.25) is 0 Å². The first-order valence-corrected chi connectivity index (χ1v) is 7.05. The zero-order valence-corrected chi connectivity index (χ0v) is 11.8. The molecule has 2 heteroatoms. The zero-order valence-electron chi connectivity index (χ0n) is 11.8. The summed E-state index contributed by atoms with van der Waals surface area (Å²) in [6, 6.07) is 22.7. The molecule has 102 valence electrons. The van der Waals surface area contributed by atoms with E-state index in [-0.39, 0.29) is 0 Å². The molecule has 3 aromatic rings. The highest BCUT2D eigenvalue weighted by molar-refractivity contribution is 5.88. The van der Waals surface area contributed by atoms with Crippen molar-refractivity contribution < 1.29 is 4.74 Å². The first kappa shape index (κ1) is 12.0. The molecule has 0 unspecified atom stereocenters. The molecule has 0 radical (unpaired) electrons. The molecule has 4 rings (SSSR count). The SMILES string of the molecule is Cc1ccc(-c2cccc3c2Nc2ccccc2O3)cc1. The number of hydrogen-bond acceptors (Lipinski definition) is 2. The van der Waals surface area contributed by atoms with Crippen molar-refractivity contribution >= 4 is 11.4 Å². The van der Waals surface area contributed by atoms with Gasteiger partial charge in [0.05, 0.1) is 11.4 Å². The van der Waals surface area contributed by atoms with E-state index in [1.807, 2.05) is 36.4 Å². The summed E-state index contributed by atoms with van der Waals surface area (Å²) in [6.45, 7) is 2.10. The lowest BCUT2D eigenvalue weighted by Gasteiger charge is -2.24. The van der Waals surface area contributed by atoms with Crippen LogP contribution in [0, 0.1) is 6.92 Å². The Morgan fingerprint density at radius 3 is 2.38 bits per heavy atom. The lowest BCUT2D eigenvalue weighted by molar-refractivity contribution is 0.481. The van der Waals surface area contributed by atoms with Crippen molar-refractivity contribution in [1.82, 2.24) is 0 Å². The van der Waals surface area contributed by atoms with Crippen LogP contribution < -0.4 is 10.1 Å². The summed E-state index contributed by atoms with van der Waals surface area (Å²) in [4.78, 5) is 0. The summed E-state index contributed by atoms with van der Waals surface area (Å²) in [6.07, 6.45) is 0. The van der Waals surface area contributed by atoms with Gasteiger partial charge in [0.25, 0.3) is 0 Å². The van der Waals surface area contributed by atoms with E-state index in [1.54, 1.807) is 0 Å². The van der Waals surface area contributed by atoms with Crippen molar-refractivity contribution in [3.8, 4) is 22.6 Å². The number of nitrogens with one attached hydrogen (secondary N) is 1. The summed E-state index contributed by atoms with van der Waals surface area (Å²) in [5, 5.41) is 3.50. The molecule has 1 aliphatic rings. The molecule has 0 fully saturated rings. The third-order valence-electron chi connectivity index (χ3n) is 3.76. The van der Waals surface area contributed by atoms with Crippen LogP contribution in [0.25, 0.3) is 11.1 Å². The Hall–Kier alpha value is -2.74. The number of aryl methyl sites for hydroxylation is 1. The van der Waals surface area contributed by atoms with Crippen LogP contribution in [0.5, 0.6) is 11.5 Å². The molecule has 21 heavy (non-hydrogen) atoms. The van der Waals surface area contributed by atoms with Crippen molar-refractivity contribution in [2.45, 2.75) is 6.92 Å². The Morgan fingerprint density at radius 1 is 0.762 bits per heavy atom. The standard InChI is InChI=1S/C19H15NO/c1-13-9-11-14(12-10-13)15-5-4-8-18-19(15)20-16-6-2-3-7-17(16)21-18/h2-12,20H,1H3. The van der Waals surface area contributed by atoms with Gasteiger partial charge in [-0.1, -0.05) is 54.1 Å². The number of para-hydroxylation sites is 3. The molecule has 1 aliphatic heterocycles. The molecule has 0 aliphatic carbocycles. The maximum atomic E-state index is 6.00. The fourth-order valence-corrected chi connectivity index (χ4v) is 2.63. The fourth-order valence-electron chi connectivity index (χ4n) is 2.63. The van der Waals surface area contributed by atoms with Gasteiger partial charge in [0.2, 0.25) is 0 Å². The van der Waals surface area contributed by atoms with E-state index in [0.29, 0.717) is 0 Å². The summed E-state index contributed by atoms with van der Waals surface area (Å²) >= 11 is 0. The highest BCUT2D eigenvalue weighted by Crippen LogP contribution is 2.46. The molecule has 1 N–H and O–H groups in total. The van der Waals surface area contributed by atoms with E-state index in [4.69, 9.17) is 4.74 Å². The van der Waals surface area contributed by atoms with Gasteiger partial charge in [-0.25, -0.2) is 0 Å². The predicted octanol–water partition coefficient (Wildman–Crippen LogP) is 5.51. The number of ether oxygens (including phenoxy) is 1. The summed E-state index contributed by atoms with van der Waals surface area (Å²) in [5.41, 5.74) is 5.64. The van der Waals surface area contributed by atoms with E-state index >= 15 is 0 Å². The molecule has 0 atom stereocenters. The van der Waals surface area contributed by atoms with Gasteiger partial charge in [-0.05, 0) is 30.7 Å². The number of benzene rings is 3. The van der Waals surface area contributed by atoms with Crippen LogP contribution in [0.2, 0.25) is 0 Å². The second kappa shape index (κ2) is 4.67. The Balaban J connectivity index is 1.84. The highest BCUT2D eigenvalue weighted by Gasteiger charge is 2.19. The first-order valence-electron chi connectivity index (χ1n) is 7.05. The average molecular weight is 273 g/mol. The second-order valence-electron chi connectivity index (χ2n) is 5.27. The Kier molecular flexibility index (Phi) is 2.68. The average Bonchev–Trinajstić information content (AvgIpc) is 2.53. The van der Waals surface area contributed by atoms with Crippen LogP contribution in [0.4, 0.5) is 11.4 Å². The summed E-state index contributed by atoms with van der Waals surface area (Å²) in [5.74, 6) is 1.73. The minimum atomic E-state index is 0.867. The lowest BCUT2D eigenvalue weighted by atomic mass is 10.0. The van der Waals surface area contributed by atoms with E-state index in [0.717, 1.165) is 28.4 Å².